The predicted octanol–water partition coefficient (Wildman–Crippen LogP) is 2.95. The summed E-state index contributed by atoms with van der Waals surface area (Å²) in [7, 11) is -2.46. The second-order valence-corrected chi connectivity index (χ2v) is 11.0. The summed E-state index contributed by atoms with van der Waals surface area (Å²) < 4.78 is 59.9. The van der Waals surface area contributed by atoms with Gasteiger partial charge in [-0.2, -0.15) is 0 Å². The minimum Gasteiger partial charge on any atom is -1.00 e. The van der Waals surface area contributed by atoms with E-state index in [9.17, 15) is 17.6 Å². The molecule has 176 valence electrons. The van der Waals surface area contributed by atoms with Crippen molar-refractivity contribution in [3.63, 3.8) is 0 Å². The third kappa shape index (κ3) is 5.34. The van der Waals surface area contributed by atoms with Crippen LogP contribution in [0.15, 0.2) is 97.1 Å². The Labute approximate surface area is 207 Å². The first kappa shape index (κ1) is 25.9. The average molecular weight is 549 g/mol. The van der Waals surface area contributed by atoms with Crippen LogP contribution < -0.4 is 37.6 Å². The van der Waals surface area contributed by atoms with Gasteiger partial charge < -0.3 is 21.7 Å². The van der Waals surface area contributed by atoms with Crippen LogP contribution in [0.1, 0.15) is 5.56 Å². The molecular weight excluding hydrogens is 527 g/mol. The van der Waals surface area contributed by atoms with Gasteiger partial charge in [-0.05, 0) is 66.2 Å². The Hall–Kier alpha value is -2.69. The minimum absolute atomic E-state index is 0. The highest BCUT2D eigenvalue weighted by molar-refractivity contribution is 7.95. The van der Waals surface area contributed by atoms with Crippen molar-refractivity contribution in [3.05, 3.63) is 120 Å². The largest absolute Gasteiger partial charge is 1.00 e. The van der Waals surface area contributed by atoms with Crippen molar-refractivity contribution < 1.29 is 39.3 Å². The molecule has 0 atom stereocenters. The van der Waals surface area contributed by atoms with Gasteiger partial charge in [-0.25, -0.2) is 17.6 Å². The summed E-state index contributed by atoms with van der Waals surface area (Å²) in [5.41, 5.74) is 0.366. The van der Waals surface area contributed by atoms with Gasteiger partial charge in [0.15, 0.2) is 17.5 Å². The van der Waals surface area contributed by atoms with Crippen molar-refractivity contribution in [1.82, 2.24) is 0 Å². The topological polar surface area (TPSA) is 9.23 Å². The Bertz CT molecular complexity index is 1140. The summed E-state index contributed by atoms with van der Waals surface area (Å²) in [6.45, 7) is -0.625. The molecule has 0 saturated heterocycles. The van der Waals surface area contributed by atoms with Gasteiger partial charge in [0, 0.05) is 0 Å². The second-order valence-electron chi connectivity index (χ2n) is 7.54. The zero-order valence-corrected chi connectivity index (χ0v) is 20.6. The fraction of sp³-hybridized carbons (Fsp3) is 0.111. The number of hydrogen-bond acceptors (Lipinski definition) is 1. The van der Waals surface area contributed by atoms with Crippen LogP contribution in [0.5, 0.6) is 5.75 Å². The van der Waals surface area contributed by atoms with E-state index in [2.05, 4.69) is 0 Å². The Morgan fingerprint density at radius 1 is 0.647 bits per heavy atom. The van der Waals surface area contributed by atoms with Crippen LogP contribution in [0.4, 0.5) is 17.6 Å². The molecule has 0 unspecified atom stereocenters. The number of benzene rings is 4. The molecule has 4 aromatic carbocycles. The summed E-state index contributed by atoms with van der Waals surface area (Å²) in [5.74, 6) is -3.36. The smallest absolute Gasteiger partial charge is 0.194 e. The van der Waals surface area contributed by atoms with Crippen LogP contribution in [0.3, 0.4) is 0 Å². The number of alkyl halides is 1. The summed E-state index contributed by atoms with van der Waals surface area (Å²) >= 11 is 0. The first-order chi connectivity index (χ1) is 16.0. The van der Waals surface area contributed by atoms with Crippen LogP contribution in [0.2, 0.25) is 0 Å². The third-order valence-electron chi connectivity index (χ3n) is 5.48. The summed E-state index contributed by atoms with van der Waals surface area (Å²) in [6.07, 6.45) is 0.291. The molecule has 0 saturated carbocycles. The van der Waals surface area contributed by atoms with Crippen molar-refractivity contribution in [2.75, 3.05) is 13.3 Å². The summed E-state index contributed by atoms with van der Waals surface area (Å²) in [6, 6.07) is 29.1. The molecule has 0 heterocycles. The highest BCUT2D eigenvalue weighted by atomic mass is 79.9. The molecule has 7 heteroatoms. The molecule has 0 aliphatic rings. The highest BCUT2D eigenvalue weighted by Crippen LogP contribution is 2.58. The van der Waals surface area contributed by atoms with Crippen molar-refractivity contribution in [2.45, 2.75) is 6.16 Å². The van der Waals surface area contributed by atoms with Crippen LogP contribution in [-0.2, 0) is 6.16 Å². The van der Waals surface area contributed by atoms with Crippen molar-refractivity contribution in [2.24, 2.45) is 0 Å². The lowest BCUT2D eigenvalue weighted by molar-refractivity contribution is -0.00000889. The Kier molecular flexibility index (Phi) is 8.87. The standard InChI is InChI=1S/C27H22F4OP.BrH/c28-15-16-32-21-11-13-24(14-12-21)33(22-7-3-1-4-8-22,23-9-5-2-6-10-23)19-20-17-25(29)27(31)26(30)18-20;/h1-14,17-18H,15-16,19H2;1H/q+1;/p-1. The van der Waals surface area contributed by atoms with E-state index in [4.69, 9.17) is 4.74 Å². The van der Waals surface area contributed by atoms with E-state index < -0.39 is 31.4 Å². The monoisotopic (exact) mass is 548 g/mol. The molecule has 0 spiro atoms. The molecule has 0 bridgehead atoms. The number of ether oxygens (including phenoxy) is 1. The van der Waals surface area contributed by atoms with Gasteiger partial charge in [-0.3, -0.25) is 0 Å². The van der Waals surface area contributed by atoms with Gasteiger partial charge in [0.25, 0.3) is 0 Å². The molecule has 4 rings (SSSR count). The van der Waals surface area contributed by atoms with Crippen LogP contribution in [-0.4, -0.2) is 13.3 Å². The average Bonchev–Trinajstić information content (AvgIpc) is 2.86. The van der Waals surface area contributed by atoms with E-state index in [1.165, 1.54) is 0 Å². The normalized spacial score (nSPS) is 11.1. The maximum Gasteiger partial charge on any atom is 0.194 e. The van der Waals surface area contributed by atoms with Crippen molar-refractivity contribution in [1.29, 1.82) is 0 Å². The Morgan fingerprint density at radius 2 is 1.12 bits per heavy atom. The molecule has 0 radical (unpaired) electrons. The van der Waals surface area contributed by atoms with Gasteiger partial charge in [0.05, 0.1) is 6.16 Å². The quantitative estimate of drug-likeness (QED) is 0.187. The van der Waals surface area contributed by atoms with Gasteiger partial charge >= 0.3 is 0 Å². The molecule has 0 N–H and O–H groups in total. The third-order valence-corrected chi connectivity index (χ3v) is 9.86. The Balaban J connectivity index is 0.00000324. The molecule has 0 aliphatic heterocycles. The van der Waals surface area contributed by atoms with E-state index in [1.54, 1.807) is 12.1 Å². The highest BCUT2D eigenvalue weighted by Gasteiger charge is 2.45. The van der Waals surface area contributed by atoms with Crippen LogP contribution in [0, 0.1) is 17.5 Å². The fourth-order valence-electron chi connectivity index (χ4n) is 4.01. The minimum atomic E-state index is -2.46. The maximum atomic E-state index is 14.1. The van der Waals surface area contributed by atoms with E-state index in [-0.39, 0.29) is 23.6 Å². The van der Waals surface area contributed by atoms with E-state index >= 15 is 0 Å². The van der Waals surface area contributed by atoms with E-state index in [0.717, 1.165) is 28.0 Å². The van der Waals surface area contributed by atoms with E-state index in [1.807, 2.05) is 72.8 Å². The zero-order chi connectivity index (χ0) is 23.3. The van der Waals surface area contributed by atoms with Gasteiger partial charge in [0.2, 0.25) is 0 Å². The molecule has 0 amide bonds. The van der Waals surface area contributed by atoms with Gasteiger partial charge in [0.1, 0.15) is 42.2 Å². The first-order valence-electron chi connectivity index (χ1n) is 10.5. The van der Waals surface area contributed by atoms with Crippen LogP contribution in [0.25, 0.3) is 0 Å². The lowest BCUT2D eigenvalue weighted by Crippen LogP contribution is -3.00. The van der Waals surface area contributed by atoms with Gasteiger partial charge in [-0.15, -0.1) is 0 Å². The number of halogens is 5. The molecular formula is C27H22BrF4OP. The lowest BCUT2D eigenvalue weighted by atomic mass is 10.2. The lowest BCUT2D eigenvalue weighted by Gasteiger charge is -2.28. The second kappa shape index (κ2) is 11.6. The predicted molar refractivity (Wildman–Crippen MR) is 127 cm³/mol. The molecule has 0 aromatic heterocycles. The Morgan fingerprint density at radius 3 is 1.59 bits per heavy atom. The van der Waals surface area contributed by atoms with Crippen LogP contribution >= 0.6 is 7.26 Å². The number of hydrogen-bond donors (Lipinski definition) is 0. The van der Waals surface area contributed by atoms with Gasteiger partial charge in [-0.1, -0.05) is 36.4 Å². The number of rotatable bonds is 8. The fourth-order valence-corrected chi connectivity index (χ4v) is 8.21. The summed E-state index contributed by atoms with van der Waals surface area (Å²) in [5, 5.41) is 2.98. The zero-order valence-electron chi connectivity index (χ0n) is 18.1. The first-order valence-corrected chi connectivity index (χ1v) is 12.4. The maximum absolute atomic E-state index is 14.1. The van der Waals surface area contributed by atoms with Crippen molar-refractivity contribution in [3.8, 4) is 5.75 Å². The molecule has 4 aromatic rings. The molecule has 0 fully saturated rings. The van der Waals surface area contributed by atoms with E-state index in [0.29, 0.717) is 17.5 Å². The SMILES string of the molecule is FCCOc1ccc([P+](Cc2cc(F)c(F)c(F)c2)(c2ccccc2)c2ccccc2)cc1.[Br-]. The molecule has 34 heavy (non-hydrogen) atoms. The summed E-state index contributed by atoms with van der Waals surface area (Å²) in [4.78, 5) is 0. The van der Waals surface area contributed by atoms with Crippen molar-refractivity contribution >= 4 is 23.2 Å². The molecule has 0 aliphatic carbocycles. The molecule has 1 nitrogen and oxygen atoms in total.